The molecule has 2 N–H and O–H groups in total. The summed E-state index contributed by atoms with van der Waals surface area (Å²) in [6, 6.07) is 13.1. The lowest BCUT2D eigenvalue weighted by molar-refractivity contribution is 0.463. The second kappa shape index (κ2) is 8.88. The Hall–Kier alpha value is -2.87. The third-order valence-corrected chi connectivity index (χ3v) is 5.89. The van der Waals surface area contributed by atoms with Crippen LogP contribution in [0.25, 0.3) is 5.69 Å². The van der Waals surface area contributed by atoms with Gasteiger partial charge in [0.05, 0.1) is 10.7 Å². The molecule has 0 radical (unpaired) electrons. The van der Waals surface area contributed by atoms with E-state index in [1.807, 2.05) is 30.5 Å². The van der Waals surface area contributed by atoms with Crippen LogP contribution in [0.2, 0.25) is 0 Å². The van der Waals surface area contributed by atoms with Crippen LogP contribution in [0.5, 0.6) is 0 Å². The van der Waals surface area contributed by atoms with Gasteiger partial charge in [-0.2, -0.15) is 5.10 Å². The highest BCUT2D eigenvalue weighted by atomic mass is 32.1. The SMILES string of the molecule is CN=C(NCc1ccc(-n2cncn2)cc1)NC1CCN(c2cccs2)CC1. The third kappa shape index (κ3) is 4.51. The van der Waals surface area contributed by atoms with Crippen molar-refractivity contribution in [3.63, 3.8) is 0 Å². The predicted molar refractivity (Wildman–Crippen MR) is 114 cm³/mol. The minimum Gasteiger partial charge on any atom is -0.363 e. The van der Waals surface area contributed by atoms with Crippen LogP contribution in [0.4, 0.5) is 5.00 Å². The van der Waals surface area contributed by atoms with Gasteiger partial charge in [0.1, 0.15) is 12.7 Å². The highest BCUT2D eigenvalue weighted by Gasteiger charge is 2.20. The van der Waals surface area contributed by atoms with Crippen molar-refractivity contribution < 1.29 is 0 Å². The van der Waals surface area contributed by atoms with Crippen LogP contribution < -0.4 is 15.5 Å². The molecule has 1 fully saturated rings. The first-order valence-electron chi connectivity index (χ1n) is 9.51. The summed E-state index contributed by atoms with van der Waals surface area (Å²) in [6.07, 6.45) is 5.47. The first-order chi connectivity index (χ1) is 13.8. The molecule has 0 spiro atoms. The van der Waals surface area contributed by atoms with E-state index in [9.17, 15) is 0 Å². The van der Waals surface area contributed by atoms with Gasteiger partial charge in [-0.05, 0) is 48.1 Å². The van der Waals surface area contributed by atoms with E-state index in [2.05, 4.69) is 60.3 Å². The molecule has 146 valence electrons. The monoisotopic (exact) mass is 395 g/mol. The van der Waals surface area contributed by atoms with Gasteiger partial charge in [0.15, 0.2) is 5.96 Å². The smallest absolute Gasteiger partial charge is 0.191 e. The molecule has 0 unspecified atom stereocenters. The van der Waals surface area contributed by atoms with E-state index in [0.717, 1.165) is 44.1 Å². The van der Waals surface area contributed by atoms with Gasteiger partial charge in [0.25, 0.3) is 0 Å². The number of thiophene rings is 1. The molecule has 3 heterocycles. The molecule has 2 aromatic heterocycles. The first-order valence-corrected chi connectivity index (χ1v) is 10.4. The Kier molecular flexibility index (Phi) is 5.86. The number of benzene rings is 1. The summed E-state index contributed by atoms with van der Waals surface area (Å²) in [5.74, 6) is 0.856. The van der Waals surface area contributed by atoms with Crippen LogP contribution in [0, 0.1) is 0 Å². The Morgan fingerprint density at radius 3 is 2.68 bits per heavy atom. The van der Waals surface area contributed by atoms with E-state index >= 15 is 0 Å². The Bertz CT molecular complexity index is 864. The first kappa shape index (κ1) is 18.5. The second-order valence-corrected chi connectivity index (χ2v) is 7.72. The molecule has 8 heteroatoms. The number of piperidine rings is 1. The van der Waals surface area contributed by atoms with Crippen molar-refractivity contribution >= 4 is 22.3 Å². The lowest BCUT2D eigenvalue weighted by Crippen LogP contribution is -2.48. The van der Waals surface area contributed by atoms with Crippen molar-refractivity contribution in [1.29, 1.82) is 0 Å². The van der Waals surface area contributed by atoms with Gasteiger partial charge >= 0.3 is 0 Å². The standard InChI is InChI=1S/C20H25N7S/c1-21-20(25-17-8-10-26(11-9-17)19-3-2-12-28-19)23-13-16-4-6-18(7-5-16)27-15-22-14-24-27/h2-7,12,14-15,17H,8-11,13H2,1H3,(H2,21,23,25). The summed E-state index contributed by atoms with van der Waals surface area (Å²) in [7, 11) is 1.82. The van der Waals surface area contributed by atoms with E-state index in [4.69, 9.17) is 0 Å². The quantitative estimate of drug-likeness (QED) is 0.513. The second-order valence-electron chi connectivity index (χ2n) is 6.79. The molecule has 7 nitrogen and oxygen atoms in total. The molecule has 1 aliphatic rings. The minimum atomic E-state index is 0.456. The number of nitrogens with zero attached hydrogens (tertiary/aromatic N) is 5. The number of hydrogen-bond acceptors (Lipinski definition) is 5. The minimum absolute atomic E-state index is 0.456. The number of anilines is 1. The van der Waals surface area contributed by atoms with Gasteiger partial charge in [-0.1, -0.05) is 12.1 Å². The highest BCUT2D eigenvalue weighted by Crippen LogP contribution is 2.24. The zero-order valence-electron chi connectivity index (χ0n) is 16.0. The van der Waals surface area contributed by atoms with Crippen molar-refractivity contribution in [2.24, 2.45) is 4.99 Å². The fourth-order valence-corrected chi connectivity index (χ4v) is 4.16. The van der Waals surface area contributed by atoms with Crippen molar-refractivity contribution in [1.82, 2.24) is 25.4 Å². The van der Waals surface area contributed by atoms with Crippen molar-refractivity contribution in [3.05, 3.63) is 60.0 Å². The summed E-state index contributed by atoms with van der Waals surface area (Å²) in [5, 5.41) is 14.6. The molecule has 0 aliphatic carbocycles. The molecule has 1 aromatic carbocycles. The van der Waals surface area contributed by atoms with Crippen molar-refractivity contribution in [2.75, 3.05) is 25.0 Å². The van der Waals surface area contributed by atoms with Crippen LogP contribution in [0.1, 0.15) is 18.4 Å². The van der Waals surface area contributed by atoms with E-state index in [1.165, 1.54) is 16.9 Å². The Balaban J connectivity index is 1.25. The van der Waals surface area contributed by atoms with Gasteiger partial charge in [0, 0.05) is 32.7 Å². The predicted octanol–water partition coefficient (Wildman–Crippen LogP) is 2.66. The van der Waals surface area contributed by atoms with Crippen LogP contribution in [0.3, 0.4) is 0 Å². The Labute approximate surface area is 169 Å². The maximum atomic E-state index is 4.38. The van der Waals surface area contributed by atoms with Crippen molar-refractivity contribution in [3.8, 4) is 5.69 Å². The van der Waals surface area contributed by atoms with Gasteiger partial charge in [-0.15, -0.1) is 11.3 Å². The maximum absolute atomic E-state index is 4.38. The fourth-order valence-electron chi connectivity index (χ4n) is 3.38. The largest absolute Gasteiger partial charge is 0.363 e. The normalized spacial score (nSPS) is 15.6. The van der Waals surface area contributed by atoms with Crippen molar-refractivity contribution in [2.45, 2.75) is 25.4 Å². The van der Waals surface area contributed by atoms with Crippen LogP contribution in [0.15, 0.2) is 59.4 Å². The molecule has 0 saturated carbocycles. The van der Waals surface area contributed by atoms with E-state index in [1.54, 1.807) is 11.0 Å². The summed E-state index contributed by atoms with van der Waals surface area (Å²) in [5.41, 5.74) is 2.19. The van der Waals surface area contributed by atoms with Crippen LogP contribution >= 0.6 is 11.3 Å². The molecule has 28 heavy (non-hydrogen) atoms. The average molecular weight is 396 g/mol. The molecule has 4 rings (SSSR count). The van der Waals surface area contributed by atoms with E-state index in [0.29, 0.717) is 6.04 Å². The number of guanidine groups is 1. The fraction of sp³-hybridized carbons (Fsp3) is 0.350. The molecule has 0 bridgehead atoms. The van der Waals surface area contributed by atoms with Gasteiger partial charge in [-0.25, -0.2) is 9.67 Å². The molecular weight excluding hydrogens is 370 g/mol. The van der Waals surface area contributed by atoms with Crippen LogP contribution in [-0.2, 0) is 6.54 Å². The highest BCUT2D eigenvalue weighted by molar-refractivity contribution is 7.14. The van der Waals surface area contributed by atoms with Gasteiger partial charge in [0.2, 0.25) is 0 Å². The number of hydrogen-bond donors (Lipinski definition) is 2. The summed E-state index contributed by atoms with van der Waals surface area (Å²) >= 11 is 1.82. The van der Waals surface area contributed by atoms with Gasteiger partial charge in [-0.3, -0.25) is 4.99 Å². The van der Waals surface area contributed by atoms with E-state index in [-0.39, 0.29) is 0 Å². The maximum Gasteiger partial charge on any atom is 0.191 e. The average Bonchev–Trinajstić information content (AvgIpc) is 3.46. The lowest BCUT2D eigenvalue weighted by Gasteiger charge is -2.33. The molecule has 1 aliphatic heterocycles. The summed E-state index contributed by atoms with van der Waals surface area (Å²) in [4.78, 5) is 10.8. The van der Waals surface area contributed by atoms with Crippen LogP contribution in [-0.4, -0.2) is 46.9 Å². The topological polar surface area (TPSA) is 70.4 Å². The summed E-state index contributed by atoms with van der Waals surface area (Å²) < 4.78 is 1.75. The van der Waals surface area contributed by atoms with Gasteiger partial charge < -0.3 is 15.5 Å². The number of nitrogens with one attached hydrogen (secondary N) is 2. The molecular formula is C20H25N7S. The Morgan fingerprint density at radius 1 is 1.21 bits per heavy atom. The third-order valence-electron chi connectivity index (χ3n) is 4.96. The summed E-state index contributed by atoms with van der Waals surface area (Å²) in [6.45, 7) is 2.89. The molecule has 0 amide bonds. The lowest BCUT2D eigenvalue weighted by atomic mass is 10.1. The number of aliphatic imine (C=N–C) groups is 1. The van der Waals surface area contributed by atoms with E-state index < -0.39 is 0 Å². The Morgan fingerprint density at radius 2 is 2.04 bits per heavy atom. The number of aromatic nitrogens is 3. The zero-order chi connectivity index (χ0) is 19.2. The zero-order valence-corrected chi connectivity index (χ0v) is 16.8. The molecule has 3 aromatic rings. The molecule has 0 atom stereocenters. The number of rotatable bonds is 5. The molecule has 1 saturated heterocycles.